The normalized spacial score (nSPS) is 14.1. The van der Waals surface area contributed by atoms with E-state index in [1.807, 2.05) is 6.92 Å². The maximum atomic E-state index is 13.5. The van der Waals surface area contributed by atoms with Crippen LogP contribution in [-0.2, 0) is 16.2 Å². The molecule has 0 saturated carbocycles. The van der Waals surface area contributed by atoms with Gasteiger partial charge in [0.1, 0.15) is 24.7 Å². The van der Waals surface area contributed by atoms with E-state index in [4.69, 9.17) is 14.2 Å². The van der Waals surface area contributed by atoms with Crippen molar-refractivity contribution in [2.75, 3.05) is 25.6 Å². The molecule has 0 radical (unpaired) electrons. The number of amides is 3. The average molecular weight is 662 g/mol. The average Bonchev–Trinajstić information content (AvgIpc) is 3.16. The molecule has 0 aliphatic carbocycles. The van der Waals surface area contributed by atoms with Crippen molar-refractivity contribution in [1.29, 1.82) is 0 Å². The Morgan fingerprint density at radius 2 is 1.87 bits per heavy atom. The van der Waals surface area contributed by atoms with E-state index in [0.29, 0.717) is 44.2 Å². The number of imide groups is 1. The van der Waals surface area contributed by atoms with E-state index in [-0.39, 0.29) is 17.3 Å². The number of rotatable bonds is 10. The van der Waals surface area contributed by atoms with Gasteiger partial charge in [0.15, 0.2) is 11.5 Å². The van der Waals surface area contributed by atoms with Gasteiger partial charge in [0, 0.05) is 5.69 Å². The Labute approximate surface area is 242 Å². The van der Waals surface area contributed by atoms with Crippen LogP contribution < -0.4 is 19.5 Å². The number of methoxy groups -OCH3 is 1. The minimum Gasteiger partial charge on any atom is -0.497 e. The predicted molar refractivity (Wildman–Crippen MR) is 155 cm³/mol. The molecule has 39 heavy (non-hydrogen) atoms. The summed E-state index contributed by atoms with van der Waals surface area (Å²) in [7, 11) is 1.54. The van der Waals surface area contributed by atoms with Crippen LogP contribution in [0.15, 0.2) is 65.6 Å². The molecular weight excluding hydrogens is 638 g/mol. The lowest BCUT2D eigenvalue weighted by atomic mass is 10.1. The summed E-state index contributed by atoms with van der Waals surface area (Å²) in [6, 6.07) is 16.3. The molecule has 3 aromatic carbocycles. The maximum absolute atomic E-state index is 13.5. The van der Waals surface area contributed by atoms with Crippen LogP contribution in [-0.4, -0.2) is 42.2 Å². The summed E-state index contributed by atoms with van der Waals surface area (Å²) in [5.41, 5.74) is 1.80. The molecule has 1 N–H and O–H groups in total. The van der Waals surface area contributed by atoms with Crippen molar-refractivity contribution in [3.8, 4) is 17.2 Å². The highest BCUT2D eigenvalue weighted by Crippen LogP contribution is 2.38. The van der Waals surface area contributed by atoms with Crippen molar-refractivity contribution in [3.63, 3.8) is 0 Å². The molecule has 11 heteroatoms. The number of nitrogens with zero attached hydrogens (tertiary/aromatic N) is 1. The lowest BCUT2D eigenvalue weighted by Crippen LogP contribution is -2.36. The number of halogens is 2. The van der Waals surface area contributed by atoms with Gasteiger partial charge < -0.3 is 19.5 Å². The fourth-order valence-electron chi connectivity index (χ4n) is 3.66. The van der Waals surface area contributed by atoms with Crippen molar-refractivity contribution in [3.05, 3.63) is 86.1 Å². The Morgan fingerprint density at radius 1 is 1.10 bits per heavy atom. The van der Waals surface area contributed by atoms with E-state index < -0.39 is 23.6 Å². The third-order valence-electron chi connectivity index (χ3n) is 5.45. The van der Waals surface area contributed by atoms with Crippen LogP contribution in [0.2, 0.25) is 0 Å². The predicted octanol–water partition coefficient (Wildman–Crippen LogP) is 6.09. The number of carbonyl (C=O) groups excluding carboxylic acids is 3. The van der Waals surface area contributed by atoms with Crippen LogP contribution in [0.4, 0.5) is 14.9 Å². The zero-order valence-corrected chi connectivity index (χ0v) is 24.0. The van der Waals surface area contributed by atoms with Gasteiger partial charge in [-0.2, -0.15) is 0 Å². The van der Waals surface area contributed by atoms with Crippen molar-refractivity contribution in [1.82, 2.24) is 4.90 Å². The number of hydrogen-bond donors (Lipinski definition) is 1. The SMILES string of the molecule is CCOc1cc(/C=C2/SC(=O)N(CC(=O)Nc3ccc(OC)cc3)C2=O)cc(I)c1OCc1cccc(F)c1. The minimum atomic E-state index is -0.561. The first-order valence-electron chi connectivity index (χ1n) is 11.8. The van der Waals surface area contributed by atoms with E-state index in [2.05, 4.69) is 27.9 Å². The summed E-state index contributed by atoms with van der Waals surface area (Å²) in [5.74, 6) is 0.161. The van der Waals surface area contributed by atoms with E-state index in [1.165, 1.54) is 19.2 Å². The third kappa shape index (κ3) is 7.30. The van der Waals surface area contributed by atoms with Crippen LogP contribution in [0.3, 0.4) is 0 Å². The third-order valence-corrected chi connectivity index (χ3v) is 7.16. The van der Waals surface area contributed by atoms with Gasteiger partial charge in [0.2, 0.25) is 5.91 Å². The molecular formula is C28H24FIN2O6S. The standard InChI is InChI=1S/C28H24FIN2O6S/c1-3-37-23-13-18(12-22(30)26(23)38-16-17-5-4-6-19(29)11-17)14-24-27(34)32(28(35)39-24)15-25(33)31-20-7-9-21(36-2)10-8-20/h4-14H,3,15-16H2,1-2H3,(H,31,33)/b24-14+. The topological polar surface area (TPSA) is 94.2 Å². The molecule has 1 saturated heterocycles. The smallest absolute Gasteiger partial charge is 0.294 e. The fourth-order valence-corrected chi connectivity index (χ4v) is 5.28. The Bertz CT molecular complexity index is 1430. The van der Waals surface area contributed by atoms with E-state index >= 15 is 0 Å². The van der Waals surface area contributed by atoms with Crippen molar-refractivity contribution < 1.29 is 33.0 Å². The van der Waals surface area contributed by atoms with E-state index in [1.54, 1.807) is 54.6 Å². The van der Waals surface area contributed by atoms with Gasteiger partial charge in [0.25, 0.3) is 11.1 Å². The molecule has 1 fully saturated rings. The number of thioether (sulfide) groups is 1. The molecule has 8 nitrogen and oxygen atoms in total. The van der Waals surface area contributed by atoms with Gasteiger partial charge >= 0.3 is 0 Å². The summed E-state index contributed by atoms with van der Waals surface area (Å²) in [5, 5.41) is 2.13. The first-order chi connectivity index (χ1) is 18.8. The fraction of sp³-hybridized carbons (Fsp3) is 0.179. The summed E-state index contributed by atoms with van der Waals surface area (Å²) in [6.07, 6.45) is 1.58. The molecule has 0 spiro atoms. The van der Waals surface area contributed by atoms with E-state index in [0.717, 1.165) is 16.7 Å². The molecule has 0 aromatic heterocycles. The molecule has 1 aliphatic rings. The number of hydrogen-bond acceptors (Lipinski definition) is 7. The number of anilines is 1. The van der Waals surface area contributed by atoms with Gasteiger partial charge in [-0.1, -0.05) is 12.1 Å². The van der Waals surface area contributed by atoms with Crippen LogP contribution in [0.5, 0.6) is 17.2 Å². The Morgan fingerprint density at radius 3 is 2.56 bits per heavy atom. The molecule has 0 atom stereocenters. The number of ether oxygens (including phenoxy) is 3. The van der Waals surface area contributed by atoms with E-state index in [9.17, 15) is 18.8 Å². The molecule has 3 aromatic rings. The monoisotopic (exact) mass is 662 g/mol. The zero-order valence-electron chi connectivity index (χ0n) is 21.0. The van der Waals surface area contributed by atoms with Gasteiger partial charge in [0.05, 0.1) is 22.2 Å². The minimum absolute atomic E-state index is 0.144. The number of nitrogens with one attached hydrogen (secondary N) is 1. The lowest BCUT2D eigenvalue weighted by molar-refractivity contribution is -0.127. The molecule has 202 valence electrons. The second-order valence-corrected chi connectivity index (χ2v) is 10.4. The summed E-state index contributed by atoms with van der Waals surface area (Å²) in [4.78, 5) is 39.1. The highest BCUT2D eigenvalue weighted by Gasteiger charge is 2.36. The number of benzene rings is 3. The highest BCUT2D eigenvalue weighted by atomic mass is 127. The number of carbonyl (C=O) groups is 3. The molecule has 4 rings (SSSR count). The highest BCUT2D eigenvalue weighted by molar-refractivity contribution is 14.1. The molecule has 1 heterocycles. The maximum Gasteiger partial charge on any atom is 0.294 e. The van der Waals surface area contributed by atoms with Crippen LogP contribution in [0, 0.1) is 9.39 Å². The van der Waals surface area contributed by atoms with Crippen LogP contribution in [0.1, 0.15) is 18.1 Å². The molecule has 3 amide bonds. The Hall–Kier alpha value is -3.58. The molecule has 0 bridgehead atoms. The quantitative estimate of drug-likeness (QED) is 0.208. The van der Waals surface area contributed by atoms with Gasteiger partial charge in [-0.3, -0.25) is 19.3 Å². The first-order valence-corrected chi connectivity index (χ1v) is 13.7. The van der Waals surface area contributed by atoms with Crippen LogP contribution >= 0.6 is 34.4 Å². The lowest BCUT2D eigenvalue weighted by Gasteiger charge is -2.15. The summed E-state index contributed by atoms with van der Waals surface area (Å²) < 4.78 is 31.0. The first kappa shape index (κ1) is 28.4. The second kappa shape index (κ2) is 13.0. The van der Waals surface area contributed by atoms with Crippen molar-refractivity contribution >= 4 is 63.2 Å². The second-order valence-electron chi connectivity index (χ2n) is 8.23. The Kier molecular flexibility index (Phi) is 9.46. The van der Waals surface area contributed by atoms with Gasteiger partial charge in [-0.25, -0.2) is 4.39 Å². The van der Waals surface area contributed by atoms with Crippen molar-refractivity contribution in [2.24, 2.45) is 0 Å². The van der Waals surface area contributed by atoms with Gasteiger partial charge in [-0.05, 0) is 107 Å². The zero-order chi connectivity index (χ0) is 27.9. The summed E-state index contributed by atoms with van der Waals surface area (Å²) in [6.45, 7) is 1.93. The van der Waals surface area contributed by atoms with Crippen molar-refractivity contribution in [2.45, 2.75) is 13.5 Å². The van der Waals surface area contributed by atoms with Gasteiger partial charge in [-0.15, -0.1) is 0 Å². The largest absolute Gasteiger partial charge is 0.497 e. The summed E-state index contributed by atoms with van der Waals surface area (Å²) >= 11 is 2.85. The molecule has 0 unspecified atom stereocenters. The van der Waals surface area contributed by atoms with Crippen LogP contribution in [0.25, 0.3) is 6.08 Å². The Balaban J connectivity index is 1.47. The molecule has 1 aliphatic heterocycles.